The zero-order chi connectivity index (χ0) is 42.4. The van der Waals surface area contributed by atoms with Gasteiger partial charge in [-0.15, -0.1) is 0 Å². The molecule has 0 saturated heterocycles. The molecular formula is C50H51N3O8. The molecule has 1 saturated carbocycles. The number of rotatable bonds is 9. The molecule has 6 atom stereocenters. The van der Waals surface area contributed by atoms with E-state index in [0.717, 1.165) is 57.2 Å². The minimum Gasteiger partial charge on any atom is -0.508 e. The number of hydrogen-bond donors (Lipinski definition) is 7. The molecule has 1 fully saturated rings. The normalized spacial score (nSPS) is 22.6. The van der Waals surface area contributed by atoms with Gasteiger partial charge in [0.05, 0.1) is 26.2 Å². The Morgan fingerprint density at radius 3 is 2.59 bits per heavy atom. The molecule has 0 unspecified atom stereocenters. The Labute approximate surface area is 354 Å². The summed E-state index contributed by atoms with van der Waals surface area (Å²) in [5.74, 6) is -1.20. The van der Waals surface area contributed by atoms with E-state index < -0.39 is 23.4 Å². The first-order valence-corrected chi connectivity index (χ1v) is 21.1. The summed E-state index contributed by atoms with van der Waals surface area (Å²) in [6, 6.07) is 24.0. The summed E-state index contributed by atoms with van der Waals surface area (Å²) >= 11 is 0. The number of methoxy groups -OCH3 is 2. The van der Waals surface area contributed by atoms with Gasteiger partial charge in [-0.3, -0.25) is 4.79 Å². The lowest BCUT2D eigenvalue weighted by molar-refractivity contribution is -0.132. The van der Waals surface area contributed by atoms with Crippen LogP contribution in [0, 0.1) is 11.8 Å². The van der Waals surface area contributed by atoms with Crippen molar-refractivity contribution in [3.05, 3.63) is 131 Å². The molecule has 11 heteroatoms. The van der Waals surface area contributed by atoms with Gasteiger partial charge in [-0.05, 0) is 156 Å². The van der Waals surface area contributed by atoms with Crippen LogP contribution in [0.15, 0.2) is 97.3 Å². The van der Waals surface area contributed by atoms with Crippen LogP contribution >= 0.6 is 0 Å². The molecule has 0 amide bonds. The van der Waals surface area contributed by atoms with Crippen LogP contribution in [0.5, 0.6) is 34.5 Å². The van der Waals surface area contributed by atoms with Crippen molar-refractivity contribution in [3.63, 3.8) is 0 Å². The zero-order valence-corrected chi connectivity index (χ0v) is 34.3. The van der Waals surface area contributed by atoms with Crippen molar-refractivity contribution < 1.29 is 39.8 Å². The summed E-state index contributed by atoms with van der Waals surface area (Å²) in [6.45, 7) is 0. The van der Waals surface area contributed by atoms with Gasteiger partial charge in [0, 0.05) is 41.5 Å². The van der Waals surface area contributed by atoms with E-state index in [2.05, 4.69) is 28.5 Å². The van der Waals surface area contributed by atoms with E-state index in [-0.39, 0.29) is 59.2 Å². The Morgan fingerprint density at radius 1 is 0.934 bits per heavy atom. The lowest BCUT2D eigenvalue weighted by atomic mass is 9.58. The number of phenols is 4. The molecule has 6 aromatic rings. The zero-order valence-electron chi connectivity index (χ0n) is 34.3. The van der Waals surface area contributed by atoms with E-state index in [1.807, 2.05) is 42.6 Å². The number of ether oxygens (including phenoxy) is 2. The minimum atomic E-state index is -1.07. The number of nitrogens with zero attached hydrogens (tertiary/aromatic N) is 1. The van der Waals surface area contributed by atoms with Crippen LogP contribution in [0.1, 0.15) is 83.9 Å². The quantitative estimate of drug-likeness (QED) is 0.0696. The number of carbonyl (C=O) groups excluding carboxylic acids is 1. The molecule has 314 valence electrons. The number of H-pyrrole nitrogens is 1. The monoisotopic (exact) mass is 821 g/mol. The topological polar surface area (TPSA) is 177 Å². The van der Waals surface area contributed by atoms with Crippen molar-refractivity contribution in [2.75, 3.05) is 19.5 Å². The van der Waals surface area contributed by atoms with Crippen LogP contribution in [-0.4, -0.2) is 61.6 Å². The van der Waals surface area contributed by atoms with Crippen LogP contribution in [0.2, 0.25) is 0 Å². The van der Waals surface area contributed by atoms with E-state index in [1.54, 1.807) is 36.5 Å². The maximum atomic E-state index is 15.9. The summed E-state index contributed by atoms with van der Waals surface area (Å²) in [6.07, 6.45) is 11.0. The number of anilines is 2. The molecular weight excluding hydrogens is 771 g/mol. The lowest BCUT2D eigenvalue weighted by Gasteiger charge is -2.45. The van der Waals surface area contributed by atoms with Gasteiger partial charge in [-0.2, -0.15) is 0 Å². The van der Waals surface area contributed by atoms with Gasteiger partial charge in [0.15, 0.2) is 23.0 Å². The molecule has 2 bridgehead atoms. The molecule has 7 N–H and O–H groups in total. The molecule has 0 radical (unpaired) electrons. The number of hydrogen-bond acceptors (Lipinski definition) is 10. The Hall–Kier alpha value is -6.46. The van der Waals surface area contributed by atoms with E-state index >= 15 is 4.79 Å². The summed E-state index contributed by atoms with van der Waals surface area (Å²) in [7, 11) is 2.92. The van der Waals surface area contributed by atoms with Crippen molar-refractivity contribution in [3.8, 4) is 34.5 Å². The molecule has 3 aliphatic rings. The van der Waals surface area contributed by atoms with Gasteiger partial charge in [0.2, 0.25) is 5.75 Å². The number of aliphatic hydroxyl groups is 1. The van der Waals surface area contributed by atoms with Gasteiger partial charge in [-0.1, -0.05) is 30.7 Å². The molecule has 1 aliphatic heterocycles. The number of phenolic OH excluding ortho intramolecular Hbond substituents is 4. The number of nitrogens with one attached hydrogen (secondary N) is 2. The fraction of sp³-hybridized carbons (Fsp3) is 0.320. The number of aromatic nitrogens is 2. The largest absolute Gasteiger partial charge is 0.508 e. The van der Waals surface area contributed by atoms with Crippen molar-refractivity contribution in [2.24, 2.45) is 11.8 Å². The Bertz CT molecular complexity index is 2640. The lowest BCUT2D eigenvalue weighted by Crippen LogP contribution is -2.50. The van der Waals surface area contributed by atoms with Crippen LogP contribution in [0.25, 0.3) is 16.8 Å². The predicted octanol–water partition coefficient (Wildman–Crippen LogP) is 9.29. The predicted molar refractivity (Wildman–Crippen MR) is 234 cm³/mol. The summed E-state index contributed by atoms with van der Waals surface area (Å²) < 4.78 is 10.9. The number of benzene rings is 4. The molecule has 61 heavy (non-hydrogen) atoms. The second kappa shape index (κ2) is 16.2. The smallest absolute Gasteiger partial charge is 0.200 e. The number of ketones is 1. The van der Waals surface area contributed by atoms with E-state index in [1.165, 1.54) is 20.3 Å². The number of Topliss-reactive ketones (excluding diaryl/α,β-unsaturated/α-hetero) is 1. The highest BCUT2D eigenvalue weighted by Crippen LogP contribution is 2.56. The highest BCUT2D eigenvalue weighted by molar-refractivity contribution is 6.00. The number of fused-ring (bicyclic) bond motifs is 3. The summed E-state index contributed by atoms with van der Waals surface area (Å²) in [5.41, 5.74) is 5.38. The minimum absolute atomic E-state index is 0.0237. The molecule has 9 rings (SSSR count). The average molecular weight is 822 g/mol. The average Bonchev–Trinajstić information content (AvgIpc) is 3.93. The van der Waals surface area contributed by atoms with Crippen molar-refractivity contribution in [1.29, 1.82) is 0 Å². The number of pyridine rings is 1. The molecule has 2 aliphatic carbocycles. The van der Waals surface area contributed by atoms with E-state index in [4.69, 9.17) is 14.5 Å². The molecule has 3 heterocycles. The van der Waals surface area contributed by atoms with Gasteiger partial charge in [0.1, 0.15) is 17.4 Å². The highest BCUT2D eigenvalue weighted by Gasteiger charge is 2.55. The number of allylic oxidation sites excluding steroid dienone is 1. The SMILES string of the molecule is COc1cc(CC[C@@H](O)[C@@H]2C(=O)C[C@H](c3cc(O)c(O)c(OC)c3)C[C@@H]3C=Cc4cc(O)cc5ccc(c3c45)Nc3cc(ccn3)[C@@]23CCC[C@H]3Cc2ccc[nH]2)ccc1O. The maximum absolute atomic E-state index is 15.9. The third kappa shape index (κ3) is 7.30. The second-order valence-electron chi connectivity index (χ2n) is 17.0. The van der Waals surface area contributed by atoms with E-state index in [9.17, 15) is 25.5 Å². The summed E-state index contributed by atoms with van der Waals surface area (Å²) in [5, 5.41) is 61.1. The Balaban J connectivity index is 1.24. The third-order valence-corrected chi connectivity index (χ3v) is 13.6. The van der Waals surface area contributed by atoms with Crippen molar-refractivity contribution in [2.45, 2.75) is 74.7 Å². The Morgan fingerprint density at radius 2 is 1.79 bits per heavy atom. The molecule has 11 nitrogen and oxygen atoms in total. The first-order chi connectivity index (χ1) is 29.6. The number of aliphatic hydroxyl groups excluding tert-OH is 1. The molecule has 1 spiro atoms. The van der Waals surface area contributed by atoms with Gasteiger partial charge in [0.25, 0.3) is 0 Å². The second-order valence-corrected chi connectivity index (χ2v) is 17.0. The first kappa shape index (κ1) is 40.0. The fourth-order valence-electron chi connectivity index (χ4n) is 10.9. The fourth-order valence-corrected chi connectivity index (χ4v) is 10.9. The van der Waals surface area contributed by atoms with Crippen molar-refractivity contribution in [1.82, 2.24) is 9.97 Å². The maximum Gasteiger partial charge on any atom is 0.200 e. The molecule has 2 aromatic heterocycles. The first-order valence-electron chi connectivity index (χ1n) is 21.1. The van der Waals surface area contributed by atoms with Crippen LogP contribution < -0.4 is 14.8 Å². The van der Waals surface area contributed by atoms with Crippen molar-refractivity contribution >= 4 is 34.1 Å². The number of aromatic amines is 1. The number of carbonyl (C=O) groups is 1. The number of aromatic hydroxyl groups is 4. The van der Waals surface area contributed by atoms with Crippen LogP contribution in [-0.2, 0) is 23.1 Å². The summed E-state index contributed by atoms with van der Waals surface area (Å²) in [4.78, 5) is 24.1. The Kier molecular flexibility index (Phi) is 10.6. The van der Waals surface area contributed by atoms with Crippen LogP contribution in [0.4, 0.5) is 11.5 Å². The highest BCUT2D eigenvalue weighted by atomic mass is 16.5. The van der Waals surface area contributed by atoms with Crippen LogP contribution in [0.3, 0.4) is 0 Å². The third-order valence-electron chi connectivity index (χ3n) is 13.6. The van der Waals surface area contributed by atoms with Gasteiger partial charge >= 0.3 is 0 Å². The number of aryl methyl sites for hydroxylation is 1. The van der Waals surface area contributed by atoms with Gasteiger partial charge in [-0.25, -0.2) is 4.98 Å². The van der Waals surface area contributed by atoms with Gasteiger partial charge < -0.3 is 45.3 Å². The standard InChI is InChI=1S/C50H51N3O8/c1-60-43-19-28(7-13-39(43)55)8-14-40(56)48-41(57)23-32(33-24-42(58)49(59)44(25-33)61-2)20-29-9-10-30-21-37(54)22-31-11-12-38(47(29)46(30)31)53-45-27-35(15-18-52-45)50(48)16-3-5-34(50)26-36-6-4-17-51-36/h4,6-7,9-13,15,17-19,21-22,24-25,27,29,32,34,40,48,51,54-56,58-59H,3,5,8,14,16,20,23,26H2,1-2H3,(H,52,53)/t29-,32+,34-,40+,48+,50-/m0/s1. The van der Waals surface area contributed by atoms with E-state index in [0.29, 0.717) is 42.8 Å². The molecule has 4 aromatic carbocycles.